The zero-order valence-corrected chi connectivity index (χ0v) is 26.2. The topological polar surface area (TPSA) is 166 Å². The van der Waals surface area contributed by atoms with Crippen LogP contribution in [0.1, 0.15) is 24.2 Å². The van der Waals surface area contributed by atoms with Crippen molar-refractivity contribution in [2.45, 2.75) is 32.0 Å². The number of nitrogens with one attached hydrogen (secondary N) is 3. The normalized spacial score (nSPS) is 14.3. The van der Waals surface area contributed by atoms with E-state index in [9.17, 15) is 9.59 Å². The molecule has 3 heterocycles. The average Bonchev–Trinajstić information content (AvgIpc) is 3.46. The molecule has 0 aliphatic carbocycles. The van der Waals surface area contributed by atoms with Gasteiger partial charge in [0.1, 0.15) is 11.4 Å². The molecule has 0 unspecified atom stereocenters. The molecule has 2 amide bonds. The van der Waals surface area contributed by atoms with Crippen LogP contribution in [0.5, 0.6) is 11.8 Å². The van der Waals surface area contributed by atoms with Gasteiger partial charge in [-0.3, -0.25) is 19.6 Å². The van der Waals surface area contributed by atoms with Crippen LogP contribution < -0.4 is 31.2 Å². The number of nitrogens with zero attached hydrogens (tertiary/aromatic N) is 4. The summed E-state index contributed by atoms with van der Waals surface area (Å²) in [5.41, 5.74) is 10.1. The van der Waals surface area contributed by atoms with Crippen molar-refractivity contribution in [3.63, 3.8) is 0 Å². The Hall–Kier alpha value is -4.36. The highest BCUT2D eigenvalue weighted by molar-refractivity contribution is 6.39. The fraction of sp³-hybridized carbons (Fsp3) is 0.290. The molecule has 1 aliphatic rings. The number of rotatable bonds is 13. The molecule has 0 spiro atoms. The van der Waals surface area contributed by atoms with Crippen LogP contribution in [0.4, 0.5) is 0 Å². The van der Waals surface area contributed by atoms with Crippen molar-refractivity contribution >= 4 is 35.0 Å². The third-order valence-corrected chi connectivity index (χ3v) is 8.02. The minimum absolute atomic E-state index is 0.00233. The lowest BCUT2D eigenvalue weighted by Gasteiger charge is -2.15. The van der Waals surface area contributed by atoms with Crippen LogP contribution in [-0.2, 0) is 22.7 Å². The molecule has 45 heavy (non-hydrogen) atoms. The largest absolute Gasteiger partial charge is 0.480 e. The molecule has 14 heteroatoms. The Bertz CT molecular complexity index is 1720. The molecule has 0 saturated carbocycles. The van der Waals surface area contributed by atoms with Gasteiger partial charge in [-0.25, -0.2) is 9.97 Å². The third kappa shape index (κ3) is 7.48. The summed E-state index contributed by atoms with van der Waals surface area (Å²) in [6.07, 6.45) is 4.60. The lowest BCUT2D eigenvalue weighted by Crippen LogP contribution is -2.35. The van der Waals surface area contributed by atoms with Crippen LogP contribution in [0, 0.1) is 0 Å². The van der Waals surface area contributed by atoms with E-state index < -0.39 is 5.91 Å². The van der Waals surface area contributed by atoms with E-state index in [1.54, 1.807) is 19.5 Å². The standard InChI is InChI=1S/C31H32Cl2N8O4/c1-44-30-24(12-35-11-17-9-10-27(43)39-17)37-14-22(40-30)20-7-3-5-18(28(20)32)19-6-4-8-21(29(19)33)23-15-38-25(31(41-23)45-2)13-36-16-26(34)42/h3-8,14-15,17,35-36H,9-13,16H2,1-2H3,(H2,34,42)(H,39,43)/t17-/m0/s1. The first-order valence-corrected chi connectivity index (χ1v) is 14.9. The number of carbonyl (C=O) groups is 2. The summed E-state index contributed by atoms with van der Waals surface area (Å²) in [4.78, 5) is 40.9. The molecule has 1 fully saturated rings. The quantitative estimate of drug-likeness (QED) is 0.168. The van der Waals surface area contributed by atoms with Crippen molar-refractivity contribution in [3.05, 3.63) is 70.2 Å². The van der Waals surface area contributed by atoms with Crippen LogP contribution in [0.15, 0.2) is 48.8 Å². The Morgan fingerprint density at radius 1 is 0.889 bits per heavy atom. The molecule has 0 bridgehead atoms. The minimum atomic E-state index is -0.478. The Labute approximate surface area is 270 Å². The molecule has 5 rings (SSSR count). The fourth-order valence-corrected chi connectivity index (χ4v) is 5.65. The second-order valence-corrected chi connectivity index (χ2v) is 11.0. The summed E-state index contributed by atoms with van der Waals surface area (Å²) in [6.45, 7) is 1.31. The number of hydrogen-bond acceptors (Lipinski definition) is 10. The Morgan fingerprint density at radius 2 is 1.40 bits per heavy atom. The van der Waals surface area contributed by atoms with Crippen molar-refractivity contribution in [2.24, 2.45) is 5.73 Å². The van der Waals surface area contributed by atoms with E-state index in [1.165, 1.54) is 7.11 Å². The van der Waals surface area contributed by atoms with E-state index in [-0.39, 0.29) is 25.0 Å². The molecule has 1 saturated heterocycles. The van der Waals surface area contributed by atoms with E-state index in [0.29, 0.717) is 86.3 Å². The number of carbonyl (C=O) groups excluding carboxylic acids is 2. The van der Waals surface area contributed by atoms with Crippen molar-refractivity contribution in [2.75, 3.05) is 27.3 Å². The Kier molecular flexibility index (Phi) is 10.4. The average molecular weight is 652 g/mol. The molecule has 5 N–H and O–H groups in total. The number of amides is 2. The molecule has 2 aromatic carbocycles. The number of nitrogens with two attached hydrogens (primary N) is 1. The van der Waals surface area contributed by atoms with Gasteiger partial charge in [0.15, 0.2) is 0 Å². The lowest BCUT2D eigenvalue weighted by atomic mass is 9.98. The molecule has 234 valence electrons. The number of ether oxygens (including phenoxy) is 2. The number of halogens is 2. The van der Waals surface area contributed by atoms with E-state index in [0.717, 1.165) is 6.42 Å². The second kappa shape index (κ2) is 14.6. The molecule has 1 aliphatic heterocycles. The Morgan fingerprint density at radius 3 is 1.87 bits per heavy atom. The Balaban J connectivity index is 1.39. The van der Waals surface area contributed by atoms with E-state index in [2.05, 4.69) is 30.9 Å². The summed E-state index contributed by atoms with van der Waals surface area (Å²) in [5.74, 6) is 0.264. The highest BCUT2D eigenvalue weighted by Gasteiger charge is 2.21. The van der Waals surface area contributed by atoms with Gasteiger partial charge in [0.25, 0.3) is 0 Å². The summed E-state index contributed by atoms with van der Waals surface area (Å²) in [7, 11) is 3.03. The maximum atomic E-state index is 11.5. The fourth-order valence-electron chi connectivity index (χ4n) is 5.00. The summed E-state index contributed by atoms with van der Waals surface area (Å²) in [6, 6.07) is 11.3. The van der Waals surface area contributed by atoms with Crippen LogP contribution in [0.25, 0.3) is 33.6 Å². The lowest BCUT2D eigenvalue weighted by molar-refractivity contribution is -0.119. The molecule has 4 aromatic rings. The first-order chi connectivity index (χ1) is 21.8. The zero-order valence-electron chi connectivity index (χ0n) is 24.7. The van der Waals surface area contributed by atoms with Crippen molar-refractivity contribution < 1.29 is 19.1 Å². The van der Waals surface area contributed by atoms with Gasteiger partial charge >= 0.3 is 0 Å². The molecule has 1 atom stereocenters. The van der Waals surface area contributed by atoms with Crippen LogP contribution in [0.2, 0.25) is 10.0 Å². The van der Waals surface area contributed by atoms with Gasteiger partial charge in [-0.15, -0.1) is 0 Å². The second-order valence-electron chi connectivity index (χ2n) is 10.3. The van der Waals surface area contributed by atoms with E-state index >= 15 is 0 Å². The molecule has 2 aromatic heterocycles. The highest BCUT2D eigenvalue weighted by Crippen LogP contribution is 2.42. The van der Waals surface area contributed by atoms with Gasteiger partial charge in [0, 0.05) is 54.4 Å². The summed E-state index contributed by atoms with van der Waals surface area (Å²) in [5, 5.41) is 10.0. The monoisotopic (exact) mass is 650 g/mol. The van der Waals surface area contributed by atoms with E-state index in [4.69, 9.17) is 43.4 Å². The number of primary amides is 1. The summed E-state index contributed by atoms with van der Waals surface area (Å²) < 4.78 is 11.0. The van der Waals surface area contributed by atoms with E-state index in [1.807, 2.05) is 36.4 Å². The molecule has 12 nitrogen and oxygen atoms in total. The van der Waals surface area contributed by atoms with Crippen molar-refractivity contribution in [3.8, 4) is 45.4 Å². The maximum Gasteiger partial charge on any atom is 0.237 e. The van der Waals surface area contributed by atoms with Gasteiger partial charge in [0.2, 0.25) is 23.6 Å². The smallest absolute Gasteiger partial charge is 0.237 e. The number of hydrogen-bond donors (Lipinski definition) is 4. The first-order valence-electron chi connectivity index (χ1n) is 14.2. The maximum absolute atomic E-state index is 11.5. The predicted octanol–water partition coefficient (Wildman–Crippen LogP) is 3.53. The van der Waals surface area contributed by atoms with Crippen molar-refractivity contribution in [1.82, 2.24) is 35.9 Å². The van der Waals surface area contributed by atoms with Crippen molar-refractivity contribution in [1.29, 1.82) is 0 Å². The van der Waals surface area contributed by atoms with Gasteiger partial charge in [-0.2, -0.15) is 0 Å². The van der Waals surface area contributed by atoms with Gasteiger partial charge < -0.3 is 31.2 Å². The minimum Gasteiger partial charge on any atom is -0.480 e. The number of aromatic nitrogens is 4. The SMILES string of the molecule is COc1nc(-c2cccc(-c3cccc(-c4cnc(CNC[C@@H]5CCC(=O)N5)c(OC)n4)c3Cl)c2Cl)cnc1CNCC(N)=O. The predicted molar refractivity (Wildman–Crippen MR) is 171 cm³/mol. The van der Waals surface area contributed by atoms with Gasteiger partial charge in [-0.05, 0) is 6.42 Å². The zero-order chi connectivity index (χ0) is 31.9. The third-order valence-electron chi connectivity index (χ3n) is 7.21. The molecular formula is C31H32Cl2N8O4. The van der Waals surface area contributed by atoms with Gasteiger partial charge in [-0.1, -0.05) is 59.6 Å². The van der Waals surface area contributed by atoms with Crippen LogP contribution in [-0.4, -0.2) is 65.1 Å². The van der Waals surface area contributed by atoms with Crippen LogP contribution in [0.3, 0.4) is 0 Å². The number of benzene rings is 2. The first kappa shape index (κ1) is 32.0. The molecule has 0 radical (unpaired) electrons. The summed E-state index contributed by atoms with van der Waals surface area (Å²) >= 11 is 14.0. The molecular weight excluding hydrogens is 619 g/mol. The highest BCUT2D eigenvalue weighted by atomic mass is 35.5. The van der Waals surface area contributed by atoms with Crippen LogP contribution >= 0.6 is 23.2 Å². The van der Waals surface area contributed by atoms with Gasteiger partial charge in [0.05, 0.1) is 54.6 Å². The number of methoxy groups -OCH3 is 2.